The molecular weight excluding hydrogens is 314 g/mol. The van der Waals surface area contributed by atoms with Crippen LogP contribution in [0.4, 0.5) is 0 Å². The summed E-state index contributed by atoms with van der Waals surface area (Å²) in [6, 6.07) is 8.35. The molecule has 1 spiro atoms. The first-order valence-corrected chi connectivity index (χ1v) is 9.58. The van der Waals surface area contributed by atoms with Crippen molar-refractivity contribution < 1.29 is 9.84 Å². The Morgan fingerprint density at radius 1 is 1.24 bits per heavy atom. The topological polar surface area (TPSA) is 50.5 Å². The molecule has 136 valence electrons. The van der Waals surface area contributed by atoms with Crippen LogP contribution in [0.1, 0.15) is 32.0 Å². The Bertz CT molecular complexity index is 732. The zero-order chi connectivity index (χ0) is 17.4. The third kappa shape index (κ3) is 2.88. The van der Waals surface area contributed by atoms with E-state index in [1.54, 1.807) is 0 Å². The fraction of sp³-hybridized carbons (Fsp3) is 0.650. The summed E-state index contributed by atoms with van der Waals surface area (Å²) >= 11 is 0. The zero-order valence-corrected chi connectivity index (χ0v) is 15.3. The molecule has 2 fully saturated rings. The van der Waals surface area contributed by atoms with E-state index >= 15 is 0 Å². The maximum Gasteiger partial charge on any atom is 0.106 e. The molecule has 1 aromatic heterocycles. The minimum atomic E-state index is -0.175. The molecule has 2 atom stereocenters. The second kappa shape index (κ2) is 6.71. The quantitative estimate of drug-likeness (QED) is 0.907. The highest BCUT2D eigenvalue weighted by Gasteiger charge is 2.55. The van der Waals surface area contributed by atoms with E-state index in [-0.39, 0.29) is 17.6 Å². The Labute approximate surface area is 149 Å². The molecule has 1 aliphatic carbocycles. The molecule has 25 heavy (non-hydrogen) atoms. The van der Waals surface area contributed by atoms with Crippen LogP contribution in [0.15, 0.2) is 24.3 Å². The predicted octanol–water partition coefficient (Wildman–Crippen LogP) is 2.60. The standard InChI is InChI=1S/C20H29N3O2/c1-3-25-19-14-18(24)20(19)8-10-22(11-9-20)12-13-23-15(2)21-16-6-4-5-7-17(16)23/h4-7,18-19,24H,3,8-14H2,1-2H3. The maximum absolute atomic E-state index is 10.3. The van der Waals surface area contributed by atoms with E-state index in [1.165, 1.54) is 5.52 Å². The van der Waals surface area contributed by atoms with Gasteiger partial charge in [-0.25, -0.2) is 4.98 Å². The number of aryl methyl sites for hydroxylation is 1. The van der Waals surface area contributed by atoms with Crippen molar-refractivity contribution in [2.24, 2.45) is 5.41 Å². The number of hydrogen-bond acceptors (Lipinski definition) is 4. The number of aliphatic hydroxyl groups excluding tert-OH is 1. The van der Waals surface area contributed by atoms with Gasteiger partial charge in [0.15, 0.2) is 0 Å². The predicted molar refractivity (Wildman–Crippen MR) is 98.6 cm³/mol. The maximum atomic E-state index is 10.3. The van der Waals surface area contributed by atoms with Gasteiger partial charge >= 0.3 is 0 Å². The molecule has 0 bridgehead atoms. The largest absolute Gasteiger partial charge is 0.392 e. The van der Waals surface area contributed by atoms with Crippen LogP contribution in [0.2, 0.25) is 0 Å². The summed E-state index contributed by atoms with van der Waals surface area (Å²) in [6.07, 6.45) is 2.99. The molecule has 1 aliphatic heterocycles. The number of nitrogens with zero attached hydrogens (tertiary/aromatic N) is 3. The molecule has 4 rings (SSSR count). The van der Waals surface area contributed by atoms with Gasteiger partial charge in [-0.05, 0) is 51.9 Å². The zero-order valence-electron chi connectivity index (χ0n) is 15.3. The molecule has 0 amide bonds. The van der Waals surface area contributed by atoms with Crippen molar-refractivity contribution in [2.75, 3.05) is 26.2 Å². The molecule has 5 nitrogen and oxygen atoms in total. The minimum Gasteiger partial charge on any atom is -0.392 e. The fourth-order valence-electron chi connectivity index (χ4n) is 4.73. The summed E-state index contributed by atoms with van der Waals surface area (Å²) in [6.45, 7) is 8.98. The molecule has 1 aromatic carbocycles. The van der Waals surface area contributed by atoms with Crippen molar-refractivity contribution in [3.05, 3.63) is 30.1 Å². The normalized spacial score (nSPS) is 26.2. The van der Waals surface area contributed by atoms with E-state index < -0.39 is 0 Å². The third-order valence-electron chi connectivity index (χ3n) is 6.38. The number of aromatic nitrogens is 2. The number of imidazole rings is 1. The number of benzene rings is 1. The summed E-state index contributed by atoms with van der Waals surface area (Å²) in [7, 11) is 0. The van der Waals surface area contributed by atoms with Crippen LogP contribution in [0, 0.1) is 12.3 Å². The van der Waals surface area contributed by atoms with Crippen molar-refractivity contribution in [3.63, 3.8) is 0 Å². The molecule has 2 heterocycles. The van der Waals surface area contributed by atoms with Gasteiger partial charge in [-0.1, -0.05) is 12.1 Å². The van der Waals surface area contributed by atoms with Gasteiger partial charge in [0.25, 0.3) is 0 Å². The lowest BCUT2D eigenvalue weighted by atomic mass is 9.58. The lowest BCUT2D eigenvalue weighted by Crippen LogP contribution is -2.62. The smallest absolute Gasteiger partial charge is 0.106 e. The molecular formula is C20H29N3O2. The van der Waals surface area contributed by atoms with Crippen molar-refractivity contribution in [3.8, 4) is 0 Å². The molecule has 2 aromatic rings. The third-order valence-corrected chi connectivity index (χ3v) is 6.38. The first-order valence-electron chi connectivity index (χ1n) is 9.58. The Morgan fingerprint density at radius 3 is 2.72 bits per heavy atom. The summed E-state index contributed by atoms with van der Waals surface area (Å²) < 4.78 is 8.19. The van der Waals surface area contributed by atoms with Gasteiger partial charge in [-0.15, -0.1) is 0 Å². The number of rotatable bonds is 5. The monoisotopic (exact) mass is 343 g/mol. The molecule has 2 unspecified atom stereocenters. The highest BCUT2D eigenvalue weighted by Crippen LogP contribution is 2.50. The second-order valence-electron chi connectivity index (χ2n) is 7.57. The first kappa shape index (κ1) is 17.0. The van der Waals surface area contributed by atoms with Crippen LogP contribution < -0.4 is 0 Å². The Hall–Kier alpha value is -1.43. The molecule has 2 aliphatic rings. The van der Waals surface area contributed by atoms with Gasteiger partial charge < -0.3 is 19.3 Å². The molecule has 1 saturated heterocycles. The molecule has 1 saturated carbocycles. The van der Waals surface area contributed by atoms with E-state index in [0.717, 1.165) is 63.4 Å². The number of para-hydroxylation sites is 2. The minimum absolute atomic E-state index is 0.0180. The Kier molecular flexibility index (Phi) is 4.56. The van der Waals surface area contributed by atoms with Crippen molar-refractivity contribution in [1.29, 1.82) is 0 Å². The molecule has 1 N–H and O–H groups in total. The van der Waals surface area contributed by atoms with Crippen molar-refractivity contribution >= 4 is 11.0 Å². The van der Waals surface area contributed by atoms with Gasteiger partial charge in [-0.2, -0.15) is 0 Å². The second-order valence-corrected chi connectivity index (χ2v) is 7.57. The summed E-state index contributed by atoms with van der Waals surface area (Å²) in [4.78, 5) is 7.18. The molecule has 0 radical (unpaired) electrons. The van der Waals surface area contributed by atoms with Crippen molar-refractivity contribution in [2.45, 2.75) is 51.9 Å². The van der Waals surface area contributed by atoms with Crippen LogP contribution in [0.25, 0.3) is 11.0 Å². The number of ether oxygens (including phenoxy) is 1. The number of fused-ring (bicyclic) bond motifs is 1. The first-order chi connectivity index (χ1) is 12.1. The highest BCUT2D eigenvalue weighted by molar-refractivity contribution is 5.75. The number of likely N-dealkylation sites (tertiary alicyclic amines) is 1. The lowest BCUT2D eigenvalue weighted by Gasteiger charge is -2.56. The SMILES string of the molecule is CCOC1CC(O)C12CCN(CCn1c(C)nc3ccccc31)CC2. The van der Waals surface area contributed by atoms with Gasteiger partial charge in [0.1, 0.15) is 5.82 Å². The highest BCUT2D eigenvalue weighted by atomic mass is 16.5. The van der Waals surface area contributed by atoms with Crippen LogP contribution in [0.3, 0.4) is 0 Å². The number of aliphatic hydroxyl groups is 1. The average Bonchev–Trinajstić information content (AvgIpc) is 2.95. The Morgan fingerprint density at radius 2 is 2.00 bits per heavy atom. The fourth-order valence-corrected chi connectivity index (χ4v) is 4.73. The number of piperidine rings is 1. The van der Waals surface area contributed by atoms with Gasteiger partial charge in [0.2, 0.25) is 0 Å². The lowest BCUT2D eigenvalue weighted by molar-refractivity contribution is -0.209. The summed E-state index contributed by atoms with van der Waals surface area (Å²) in [5.41, 5.74) is 2.32. The van der Waals surface area contributed by atoms with Crippen LogP contribution in [-0.4, -0.2) is 58.0 Å². The van der Waals surface area contributed by atoms with E-state index in [9.17, 15) is 5.11 Å². The van der Waals surface area contributed by atoms with E-state index in [1.807, 2.05) is 13.0 Å². The average molecular weight is 343 g/mol. The molecule has 5 heteroatoms. The van der Waals surface area contributed by atoms with Gasteiger partial charge in [0.05, 0.1) is 23.2 Å². The summed E-state index contributed by atoms with van der Waals surface area (Å²) in [5, 5.41) is 10.3. The van der Waals surface area contributed by atoms with Crippen LogP contribution in [-0.2, 0) is 11.3 Å². The van der Waals surface area contributed by atoms with Gasteiger partial charge in [-0.3, -0.25) is 0 Å². The Balaban J connectivity index is 1.37. The van der Waals surface area contributed by atoms with Crippen LogP contribution >= 0.6 is 0 Å². The van der Waals surface area contributed by atoms with Gasteiger partial charge in [0, 0.05) is 31.5 Å². The van der Waals surface area contributed by atoms with Crippen molar-refractivity contribution in [1.82, 2.24) is 14.5 Å². The van der Waals surface area contributed by atoms with Crippen LogP contribution in [0.5, 0.6) is 0 Å². The summed E-state index contributed by atoms with van der Waals surface area (Å²) in [5.74, 6) is 1.08. The van der Waals surface area contributed by atoms with E-state index in [4.69, 9.17) is 4.74 Å². The van der Waals surface area contributed by atoms with E-state index in [0.29, 0.717) is 0 Å². The number of hydrogen-bond donors (Lipinski definition) is 1. The van der Waals surface area contributed by atoms with E-state index in [2.05, 4.69) is 39.6 Å².